The van der Waals surface area contributed by atoms with Crippen LogP contribution in [0.15, 0.2) is 109 Å². The molecule has 2 N–H and O–H groups in total. The molecule has 0 bridgehead atoms. The lowest BCUT2D eigenvalue weighted by molar-refractivity contribution is 0.0969. The smallest absolute Gasteiger partial charge is 0.261 e. The number of hydrogen-bond donors (Lipinski definition) is 2. The fraction of sp³-hybridized carbons (Fsp3) is 0.100. The van der Waals surface area contributed by atoms with E-state index in [0.29, 0.717) is 29.2 Å². The van der Waals surface area contributed by atoms with Gasteiger partial charge in [-0.25, -0.2) is 0 Å². The highest BCUT2D eigenvalue weighted by Gasteiger charge is 2.16. The van der Waals surface area contributed by atoms with Crippen LogP contribution in [0.5, 0.6) is 11.5 Å². The molecule has 0 fully saturated rings. The third-order valence-corrected chi connectivity index (χ3v) is 5.73. The van der Waals surface area contributed by atoms with Gasteiger partial charge in [-0.05, 0) is 66.8 Å². The molecule has 0 saturated heterocycles. The van der Waals surface area contributed by atoms with Crippen molar-refractivity contribution in [3.05, 3.63) is 120 Å². The summed E-state index contributed by atoms with van der Waals surface area (Å²) in [5.74, 6) is 0.576. The van der Waals surface area contributed by atoms with Crippen molar-refractivity contribution in [1.29, 1.82) is 0 Å². The highest BCUT2D eigenvalue weighted by atomic mass is 32.1. The van der Waals surface area contributed by atoms with E-state index in [2.05, 4.69) is 10.6 Å². The lowest BCUT2D eigenvalue weighted by atomic mass is 10.1. The molecule has 0 radical (unpaired) electrons. The molecular formula is C30H27N3O4S. The molecule has 38 heavy (non-hydrogen) atoms. The van der Waals surface area contributed by atoms with Gasteiger partial charge < -0.3 is 19.7 Å². The summed E-state index contributed by atoms with van der Waals surface area (Å²) in [7, 11) is 1.72. The Labute approximate surface area is 227 Å². The van der Waals surface area contributed by atoms with Gasteiger partial charge in [-0.15, -0.1) is 0 Å². The number of rotatable bonds is 9. The Balaban J connectivity index is 1.33. The van der Waals surface area contributed by atoms with Crippen molar-refractivity contribution >= 4 is 40.5 Å². The number of anilines is 2. The molecule has 8 heteroatoms. The van der Waals surface area contributed by atoms with Crippen LogP contribution in [0, 0.1) is 0 Å². The fourth-order valence-electron chi connectivity index (χ4n) is 3.63. The lowest BCUT2D eigenvalue weighted by Gasteiger charge is -2.18. The SMILES string of the molecule is CN(C(=O)c1cccc(NC(=S)NC(=O)c2ccccc2OCCOc2ccccc2)c1)c1ccccc1. The third-order valence-electron chi connectivity index (χ3n) is 5.53. The number of amides is 2. The highest BCUT2D eigenvalue weighted by Crippen LogP contribution is 2.19. The molecule has 0 aliphatic rings. The fourth-order valence-corrected chi connectivity index (χ4v) is 3.84. The Morgan fingerprint density at radius 2 is 1.45 bits per heavy atom. The number of thiocarbonyl (C=S) groups is 1. The molecule has 0 unspecified atom stereocenters. The molecular weight excluding hydrogens is 498 g/mol. The molecule has 2 amide bonds. The van der Waals surface area contributed by atoms with E-state index in [1.54, 1.807) is 60.5 Å². The van der Waals surface area contributed by atoms with Gasteiger partial charge in [0.2, 0.25) is 0 Å². The van der Waals surface area contributed by atoms with Crippen LogP contribution in [0.3, 0.4) is 0 Å². The molecule has 0 spiro atoms. The van der Waals surface area contributed by atoms with Gasteiger partial charge in [0.1, 0.15) is 24.7 Å². The van der Waals surface area contributed by atoms with Crippen LogP contribution in [-0.4, -0.2) is 37.2 Å². The van der Waals surface area contributed by atoms with Crippen molar-refractivity contribution < 1.29 is 19.1 Å². The van der Waals surface area contributed by atoms with E-state index >= 15 is 0 Å². The highest BCUT2D eigenvalue weighted by molar-refractivity contribution is 7.80. The van der Waals surface area contributed by atoms with Crippen molar-refractivity contribution in [2.45, 2.75) is 0 Å². The Morgan fingerprint density at radius 3 is 2.21 bits per heavy atom. The van der Waals surface area contributed by atoms with Crippen LogP contribution in [0.4, 0.5) is 11.4 Å². The first-order valence-corrected chi connectivity index (χ1v) is 12.4. The minimum Gasteiger partial charge on any atom is -0.490 e. The van der Waals surface area contributed by atoms with Gasteiger partial charge in [-0.3, -0.25) is 14.9 Å². The summed E-state index contributed by atoms with van der Waals surface area (Å²) in [6.07, 6.45) is 0. The number of nitrogens with zero attached hydrogens (tertiary/aromatic N) is 1. The van der Waals surface area contributed by atoms with Crippen LogP contribution < -0.4 is 25.0 Å². The first-order chi connectivity index (χ1) is 18.5. The largest absolute Gasteiger partial charge is 0.490 e. The maximum Gasteiger partial charge on any atom is 0.261 e. The minimum absolute atomic E-state index is 0.0956. The molecule has 0 aliphatic carbocycles. The van der Waals surface area contributed by atoms with Crippen LogP contribution in [0.1, 0.15) is 20.7 Å². The van der Waals surface area contributed by atoms with Crippen LogP contribution in [-0.2, 0) is 0 Å². The number of nitrogens with one attached hydrogen (secondary N) is 2. The summed E-state index contributed by atoms with van der Waals surface area (Å²) in [4.78, 5) is 27.4. The van der Waals surface area contributed by atoms with E-state index in [1.165, 1.54) is 0 Å². The van der Waals surface area contributed by atoms with Gasteiger partial charge in [0.15, 0.2) is 5.11 Å². The molecule has 0 aliphatic heterocycles. The molecule has 7 nitrogen and oxygen atoms in total. The van der Waals surface area contributed by atoms with E-state index in [0.717, 1.165) is 11.4 Å². The van der Waals surface area contributed by atoms with Crippen LogP contribution >= 0.6 is 12.2 Å². The first kappa shape index (κ1) is 26.4. The number of ether oxygens (including phenoxy) is 2. The normalized spacial score (nSPS) is 10.2. The van der Waals surface area contributed by atoms with Crippen LogP contribution in [0.25, 0.3) is 0 Å². The molecule has 4 aromatic rings. The average molecular weight is 526 g/mol. The summed E-state index contributed by atoms with van der Waals surface area (Å²) in [5, 5.41) is 5.74. The maximum atomic E-state index is 12.9. The third kappa shape index (κ3) is 7.18. The van der Waals surface area contributed by atoms with Crippen LogP contribution in [0.2, 0.25) is 0 Å². The number of carbonyl (C=O) groups is 2. The topological polar surface area (TPSA) is 79.9 Å². The van der Waals surface area contributed by atoms with E-state index in [4.69, 9.17) is 21.7 Å². The second-order valence-electron chi connectivity index (χ2n) is 8.19. The predicted molar refractivity (Wildman–Crippen MR) is 153 cm³/mol. The molecule has 4 aromatic carbocycles. The van der Waals surface area contributed by atoms with Crippen molar-refractivity contribution in [3.8, 4) is 11.5 Å². The summed E-state index contributed by atoms with van der Waals surface area (Å²) in [6.45, 7) is 0.592. The second kappa shape index (κ2) is 13.0. The Hall–Kier alpha value is -4.69. The number of carbonyl (C=O) groups excluding carboxylic acids is 2. The van der Waals surface area contributed by atoms with E-state index in [-0.39, 0.29) is 17.6 Å². The number of hydrogen-bond acceptors (Lipinski definition) is 5. The van der Waals surface area contributed by atoms with Gasteiger partial charge in [-0.1, -0.05) is 54.6 Å². The summed E-state index contributed by atoms with van der Waals surface area (Å²) in [5.41, 5.74) is 2.17. The zero-order valence-electron chi connectivity index (χ0n) is 20.8. The lowest BCUT2D eigenvalue weighted by Crippen LogP contribution is -2.34. The molecule has 4 rings (SSSR count). The molecule has 0 aromatic heterocycles. The first-order valence-electron chi connectivity index (χ1n) is 12.0. The van der Waals surface area contributed by atoms with Gasteiger partial charge in [0, 0.05) is 24.0 Å². The van der Waals surface area contributed by atoms with E-state index in [1.807, 2.05) is 60.7 Å². The van der Waals surface area contributed by atoms with Gasteiger partial charge in [0.25, 0.3) is 11.8 Å². The Morgan fingerprint density at radius 1 is 0.789 bits per heavy atom. The number of benzene rings is 4. The summed E-state index contributed by atoms with van der Waals surface area (Å²) in [6, 6.07) is 32.6. The molecule has 0 saturated carbocycles. The predicted octanol–water partition coefficient (Wildman–Crippen LogP) is 5.55. The maximum absolute atomic E-state index is 12.9. The van der Waals surface area contributed by atoms with Crippen molar-refractivity contribution in [3.63, 3.8) is 0 Å². The van der Waals surface area contributed by atoms with Crippen molar-refractivity contribution in [2.24, 2.45) is 0 Å². The van der Waals surface area contributed by atoms with Gasteiger partial charge in [0.05, 0.1) is 5.56 Å². The standard InChI is InChI=1S/C30H27N3O4S/c1-33(24-13-4-2-5-14-24)29(35)22-11-10-12-23(21-22)31-30(38)32-28(34)26-17-8-9-18-27(26)37-20-19-36-25-15-6-3-7-16-25/h2-18,21H,19-20H2,1H3,(H2,31,32,34,38). The summed E-state index contributed by atoms with van der Waals surface area (Å²) >= 11 is 5.35. The van der Waals surface area contributed by atoms with E-state index in [9.17, 15) is 9.59 Å². The zero-order chi connectivity index (χ0) is 26.7. The Kier molecular flexibility index (Phi) is 9.04. The average Bonchev–Trinajstić information content (AvgIpc) is 2.96. The zero-order valence-corrected chi connectivity index (χ0v) is 21.6. The van der Waals surface area contributed by atoms with E-state index < -0.39 is 5.91 Å². The Bertz CT molecular complexity index is 1400. The molecule has 0 atom stereocenters. The second-order valence-corrected chi connectivity index (χ2v) is 8.60. The van der Waals surface area contributed by atoms with Gasteiger partial charge >= 0.3 is 0 Å². The number of para-hydroxylation sites is 3. The van der Waals surface area contributed by atoms with Crippen molar-refractivity contribution in [2.75, 3.05) is 30.5 Å². The van der Waals surface area contributed by atoms with Crippen molar-refractivity contribution in [1.82, 2.24) is 5.32 Å². The minimum atomic E-state index is -0.418. The quantitative estimate of drug-likeness (QED) is 0.220. The molecule has 192 valence electrons. The van der Waals surface area contributed by atoms with Gasteiger partial charge in [-0.2, -0.15) is 0 Å². The monoisotopic (exact) mass is 525 g/mol. The summed E-state index contributed by atoms with van der Waals surface area (Å²) < 4.78 is 11.4. The molecule has 0 heterocycles.